The minimum Gasteiger partial charge on any atom is -0.479 e. The van der Waals surface area contributed by atoms with E-state index in [2.05, 4.69) is 10.0 Å². The maximum absolute atomic E-state index is 12.9. The van der Waals surface area contributed by atoms with E-state index < -0.39 is 101 Å². The quantitative estimate of drug-likeness (QED) is 0.0631. The summed E-state index contributed by atoms with van der Waals surface area (Å²) in [7, 11) is -10.4. The summed E-state index contributed by atoms with van der Waals surface area (Å²) in [6.45, 7) is 1.67. The van der Waals surface area contributed by atoms with Gasteiger partial charge in [-0.15, -0.1) is 0 Å². The average Bonchev–Trinajstić information content (AvgIpc) is 3.17. The zero-order chi connectivity index (χ0) is 41.9. The molecule has 0 spiro atoms. The minimum atomic E-state index is -5.31. The second kappa shape index (κ2) is 20.7. The number of rotatable bonds is 20. The molecule has 0 amide bonds. The number of hydrogen-bond donors (Lipinski definition) is 3. The van der Waals surface area contributed by atoms with Gasteiger partial charge in [0.25, 0.3) is 0 Å². The lowest BCUT2D eigenvalue weighted by Gasteiger charge is -2.48. The summed E-state index contributed by atoms with van der Waals surface area (Å²) in [6, 6.07) is 24.4. The Morgan fingerprint density at radius 3 is 1.67 bits per heavy atom. The molecule has 0 aromatic heterocycles. The molecule has 3 N–H and O–H groups in total. The van der Waals surface area contributed by atoms with Gasteiger partial charge in [-0.3, -0.25) is 9.11 Å². The molecule has 2 aliphatic heterocycles. The Morgan fingerprint density at radius 1 is 0.724 bits per heavy atom. The van der Waals surface area contributed by atoms with E-state index in [0.717, 1.165) is 0 Å². The van der Waals surface area contributed by atoms with Gasteiger partial charge in [-0.05, 0) is 36.1 Å². The van der Waals surface area contributed by atoms with E-state index in [-0.39, 0.29) is 19.8 Å². The van der Waals surface area contributed by atoms with Crippen molar-refractivity contribution in [1.29, 1.82) is 0 Å². The fraction of sp³-hybridized carbons (Fsp3) is 0.472. The van der Waals surface area contributed by atoms with Crippen LogP contribution in [0.5, 0.6) is 0 Å². The van der Waals surface area contributed by atoms with Crippen molar-refractivity contribution >= 4 is 26.8 Å². The van der Waals surface area contributed by atoms with Crippen LogP contribution in [0.25, 0.3) is 10.4 Å². The van der Waals surface area contributed by atoms with Gasteiger partial charge in [0.15, 0.2) is 24.8 Å². The van der Waals surface area contributed by atoms with Crippen molar-refractivity contribution in [3.63, 3.8) is 0 Å². The second-order valence-corrected chi connectivity index (χ2v) is 15.4. The lowest BCUT2D eigenvalue weighted by atomic mass is 9.95. The van der Waals surface area contributed by atoms with Gasteiger partial charge in [0.1, 0.15) is 36.6 Å². The molecule has 3 aromatic carbocycles. The van der Waals surface area contributed by atoms with Crippen LogP contribution >= 0.6 is 0 Å². The van der Waals surface area contributed by atoms with E-state index in [1.807, 2.05) is 0 Å². The Labute approximate surface area is 334 Å². The van der Waals surface area contributed by atoms with E-state index in [9.17, 15) is 41.4 Å². The Balaban J connectivity index is 1.59. The number of hydrogen-bond acceptors (Lipinski definition) is 15. The molecule has 58 heavy (non-hydrogen) atoms. The van der Waals surface area contributed by atoms with E-state index in [1.54, 1.807) is 105 Å². The summed E-state index contributed by atoms with van der Waals surface area (Å²) in [6.07, 6.45) is -16.2. The lowest BCUT2D eigenvalue weighted by Crippen LogP contribution is -2.66. The van der Waals surface area contributed by atoms with Crippen molar-refractivity contribution in [1.82, 2.24) is 0 Å². The highest BCUT2D eigenvalue weighted by atomic mass is 32.3. The molecule has 10 atom stereocenters. The van der Waals surface area contributed by atoms with Gasteiger partial charge in [0.05, 0.1) is 32.5 Å². The van der Waals surface area contributed by atoms with Gasteiger partial charge in [-0.25, -0.2) is 13.2 Å². The minimum absolute atomic E-state index is 0.101. The SMILES string of the molecule is CC(C)O[C@@H]1O[C@@H](C(=O)O)[C@@H](O[C@H]2O[C@H](COS(=O)(=O)O)[C@@H](OCc3ccccc3)[C@H](OCc3ccccc3)[C@H]2N=[N+]=[N-])[C@H](OCc2ccccc2)[C@H]1OS(=O)(=O)O. The summed E-state index contributed by atoms with van der Waals surface area (Å²) in [5.74, 6) is -1.65. The van der Waals surface area contributed by atoms with E-state index >= 15 is 0 Å². The Bertz CT molecular complexity index is 2030. The normalized spacial score (nSPS) is 27.8. The van der Waals surface area contributed by atoms with Gasteiger partial charge >= 0.3 is 26.8 Å². The molecule has 0 bridgehead atoms. The number of ether oxygens (including phenoxy) is 7. The largest absolute Gasteiger partial charge is 0.479 e. The van der Waals surface area contributed by atoms with Gasteiger partial charge in [0, 0.05) is 4.91 Å². The van der Waals surface area contributed by atoms with Gasteiger partial charge in [0.2, 0.25) is 0 Å². The molecule has 20 nitrogen and oxygen atoms in total. The third-order valence-electron chi connectivity index (χ3n) is 8.71. The molecule has 0 radical (unpaired) electrons. The molecule has 2 aliphatic rings. The van der Waals surface area contributed by atoms with Crippen molar-refractivity contribution in [2.24, 2.45) is 5.11 Å². The topological polar surface area (TPSA) is 278 Å². The monoisotopic (exact) mass is 853 g/mol. The first-order valence-corrected chi connectivity index (χ1v) is 20.5. The van der Waals surface area contributed by atoms with E-state index in [1.165, 1.54) is 0 Å². The fourth-order valence-corrected chi connectivity index (χ4v) is 7.08. The highest BCUT2D eigenvalue weighted by Crippen LogP contribution is 2.37. The number of carbonyl (C=O) groups is 1. The molecule has 0 unspecified atom stereocenters. The molecule has 2 heterocycles. The van der Waals surface area contributed by atoms with Crippen LogP contribution in [0.1, 0.15) is 30.5 Å². The molecule has 316 valence electrons. The van der Waals surface area contributed by atoms with Gasteiger partial charge in [-0.2, -0.15) is 16.8 Å². The fourth-order valence-electron chi connectivity index (χ4n) is 6.29. The first-order chi connectivity index (χ1) is 27.6. The molecule has 22 heteroatoms. The van der Waals surface area contributed by atoms with Crippen LogP contribution in [0.15, 0.2) is 96.1 Å². The summed E-state index contributed by atoms with van der Waals surface area (Å²) in [5.41, 5.74) is 11.7. The third-order valence-corrected chi connectivity index (χ3v) is 9.60. The first-order valence-electron chi connectivity index (χ1n) is 17.7. The van der Waals surface area contributed by atoms with Crippen LogP contribution in [0.2, 0.25) is 0 Å². The number of carboxylic acids is 1. The van der Waals surface area contributed by atoms with Gasteiger partial charge in [-0.1, -0.05) is 96.1 Å². The maximum atomic E-state index is 12.9. The molecule has 0 saturated carbocycles. The predicted molar refractivity (Wildman–Crippen MR) is 198 cm³/mol. The standard InChI is InChI=1S/C36H43N3O17S2/c1-22(2)52-36-33(56-58(45,46)47)30(50-20-25-16-10-5-11-17-25)31(32(55-36)34(40)41)54-35-27(38-39-37)29(49-19-24-14-8-4-9-15-24)28(26(53-35)21-51-57(42,43)44)48-18-23-12-6-3-7-13-23/h3-17,22,26-33,35-36H,18-21H2,1-2H3,(H,40,41)(H,42,43,44)(H,45,46,47)/t26-,27-,28-,29-,30+,31+,32-,33-,35-,36-/m1/s1. The van der Waals surface area contributed by atoms with Crippen LogP contribution in [0, 0.1) is 0 Å². The van der Waals surface area contributed by atoms with E-state index in [4.69, 9.17) is 41.5 Å². The number of carboxylic acid groups (broad SMARTS) is 1. The van der Waals surface area contributed by atoms with Crippen molar-refractivity contribution < 1.29 is 77.4 Å². The van der Waals surface area contributed by atoms with Crippen LogP contribution in [-0.2, 0) is 86.9 Å². The predicted octanol–water partition coefficient (Wildman–Crippen LogP) is 3.77. The molecule has 5 rings (SSSR count). The molecule has 3 aromatic rings. The Hall–Kier alpha value is -4.10. The Morgan fingerprint density at radius 2 is 1.22 bits per heavy atom. The Kier molecular flexibility index (Phi) is 16.1. The smallest absolute Gasteiger partial charge is 0.397 e. The number of azide groups is 1. The number of aliphatic carboxylic acids is 1. The molecule has 2 saturated heterocycles. The van der Waals surface area contributed by atoms with E-state index in [0.29, 0.717) is 16.7 Å². The van der Waals surface area contributed by atoms with Gasteiger partial charge < -0.3 is 38.3 Å². The van der Waals surface area contributed by atoms with Crippen molar-refractivity contribution in [2.45, 2.75) is 101 Å². The highest BCUT2D eigenvalue weighted by Gasteiger charge is 2.57. The molecular formula is C36H43N3O17S2. The number of benzene rings is 3. The maximum Gasteiger partial charge on any atom is 0.397 e. The average molecular weight is 854 g/mol. The second-order valence-electron chi connectivity index (χ2n) is 13.3. The lowest BCUT2D eigenvalue weighted by molar-refractivity contribution is -0.348. The molecule has 2 fully saturated rings. The van der Waals surface area contributed by atoms with Crippen LogP contribution < -0.4 is 0 Å². The van der Waals surface area contributed by atoms with Crippen LogP contribution in [0.4, 0.5) is 0 Å². The van der Waals surface area contributed by atoms with Crippen LogP contribution in [-0.4, -0.2) is 111 Å². The van der Waals surface area contributed by atoms with Crippen molar-refractivity contribution in [2.75, 3.05) is 6.61 Å². The molecular weight excluding hydrogens is 811 g/mol. The zero-order valence-corrected chi connectivity index (χ0v) is 32.7. The summed E-state index contributed by atoms with van der Waals surface area (Å²) in [5, 5.41) is 14.4. The summed E-state index contributed by atoms with van der Waals surface area (Å²) >= 11 is 0. The number of nitrogens with zero attached hydrogens (tertiary/aromatic N) is 3. The van der Waals surface area contributed by atoms with Crippen molar-refractivity contribution in [3.8, 4) is 0 Å². The van der Waals surface area contributed by atoms with Crippen LogP contribution in [0.3, 0.4) is 0 Å². The highest BCUT2D eigenvalue weighted by molar-refractivity contribution is 7.81. The zero-order valence-electron chi connectivity index (χ0n) is 31.1. The molecule has 0 aliphatic carbocycles. The van der Waals surface area contributed by atoms with Crippen molar-refractivity contribution in [3.05, 3.63) is 118 Å². The third kappa shape index (κ3) is 13.2. The first kappa shape index (κ1) is 45.0. The summed E-state index contributed by atoms with van der Waals surface area (Å²) in [4.78, 5) is 15.9. The summed E-state index contributed by atoms with van der Waals surface area (Å²) < 4.78 is 120.